The van der Waals surface area contributed by atoms with Crippen LogP contribution in [0.25, 0.3) is 0 Å². The van der Waals surface area contributed by atoms with Gasteiger partial charge in [0, 0.05) is 0 Å². The second kappa shape index (κ2) is 2.23. The monoisotopic (exact) mass is 142 g/mol. The van der Waals surface area contributed by atoms with Gasteiger partial charge in [-0.05, 0) is 39.0 Å². The SMILES string of the molecule is CC1(COC(C)(C)C)CC1. The molecule has 0 unspecified atom stereocenters. The summed E-state index contributed by atoms with van der Waals surface area (Å²) in [6.07, 6.45) is 2.70. The van der Waals surface area contributed by atoms with Crippen molar-refractivity contribution in [2.75, 3.05) is 6.61 Å². The van der Waals surface area contributed by atoms with Crippen molar-refractivity contribution in [3.8, 4) is 0 Å². The third kappa shape index (κ3) is 2.70. The summed E-state index contributed by atoms with van der Waals surface area (Å²) in [5.74, 6) is 0. The molecule has 1 aliphatic carbocycles. The minimum Gasteiger partial charge on any atom is -0.375 e. The average Bonchev–Trinajstić information content (AvgIpc) is 2.43. The van der Waals surface area contributed by atoms with Crippen molar-refractivity contribution >= 4 is 0 Å². The summed E-state index contributed by atoms with van der Waals surface area (Å²) in [4.78, 5) is 0. The van der Waals surface area contributed by atoms with Crippen molar-refractivity contribution in [2.24, 2.45) is 5.41 Å². The van der Waals surface area contributed by atoms with Crippen molar-refractivity contribution in [1.29, 1.82) is 0 Å². The zero-order valence-corrected chi connectivity index (χ0v) is 7.53. The van der Waals surface area contributed by atoms with Gasteiger partial charge in [-0.1, -0.05) is 6.92 Å². The molecular formula is C9H18O. The average molecular weight is 142 g/mol. The Balaban J connectivity index is 2.17. The van der Waals surface area contributed by atoms with Gasteiger partial charge in [0.1, 0.15) is 0 Å². The predicted molar refractivity (Wildman–Crippen MR) is 43.0 cm³/mol. The lowest BCUT2D eigenvalue weighted by atomic mass is 10.1. The second-order valence-corrected chi connectivity index (χ2v) is 4.71. The Morgan fingerprint density at radius 2 is 1.80 bits per heavy atom. The van der Waals surface area contributed by atoms with Crippen LogP contribution in [0.3, 0.4) is 0 Å². The Morgan fingerprint density at radius 3 is 2.10 bits per heavy atom. The zero-order valence-electron chi connectivity index (χ0n) is 7.53. The lowest BCUT2D eigenvalue weighted by molar-refractivity contribution is -0.0246. The van der Waals surface area contributed by atoms with E-state index in [9.17, 15) is 0 Å². The maximum atomic E-state index is 5.66. The van der Waals surface area contributed by atoms with Crippen molar-refractivity contribution < 1.29 is 4.74 Å². The van der Waals surface area contributed by atoms with Gasteiger partial charge in [0.25, 0.3) is 0 Å². The lowest BCUT2D eigenvalue weighted by Crippen LogP contribution is -2.23. The summed E-state index contributed by atoms with van der Waals surface area (Å²) in [5, 5.41) is 0. The summed E-state index contributed by atoms with van der Waals surface area (Å²) < 4.78 is 5.66. The van der Waals surface area contributed by atoms with Crippen LogP contribution in [0.4, 0.5) is 0 Å². The van der Waals surface area contributed by atoms with E-state index in [0.717, 1.165) is 6.61 Å². The number of ether oxygens (including phenoxy) is 1. The Bertz CT molecular complexity index is 112. The van der Waals surface area contributed by atoms with Crippen LogP contribution in [0.15, 0.2) is 0 Å². The molecule has 0 saturated heterocycles. The molecule has 0 aromatic carbocycles. The first-order valence-electron chi connectivity index (χ1n) is 4.05. The van der Waals surface area contributed by atoms with E-state index in [0.29, 0.717) is 5.41 Å². The van der Waals surface area contributed by atoms with E-state index in [1.54, 1.807) is 0 Å². The van der Waals surface area contributed by atoms with Crippen LogP contribution in [0.1, 0.15) is 40.5 Å². The van der Waals surface area contributed by atoms with E-state index in [-0.39, 0.29) is 5.60 Å². The standard InChI is InChI=1S/C9H18O/c1-8(2,3)10-7-9(4)5-6-9/h5-7H2,1-4H3. The molecule has 0 spiro atoms. The Kier molecular flexibility index (Phi) is 1.80. The van der Waals surface area contributed by atoms with Gasteiger partial charge in [-0.15, -0.1) is 0 Å². The first kappa shape index (κ1) is 8.06. The second-order valence-electron chi connectivity index (χ2n) is 4.71. The summed E-state index contributed by atoms with van der Waals surface area (Å²) >= 11 is 0. The number of hydrogen-bond donors (Lipinski definition) is 0. The topological polar surface area (TPSA) is 9.23 Å². The highest BCUT2D eigenvalue weighted by atomic mass is 16.5. The van der Waals surface area contributed by atoms with Crippen molar-refractivity contribution in [3.63, 3.8) is 0 Å². The van der Waals surface area contributed by atoms with Crippen molar-refractivity contribution in [3.05, 3.63) is 0 Å². The molecule has 0 radical (unpaired) electrons. The van der Waals surface area contributed by atoms with Crippen LogP contribution in [0.2, 0.25) is 0 Å². The molecule has 0 bridgehead atoms. The fraction of sp³-hybridized carbons (Fsp3) is 1.00. The molecule has 1 aliphatic rings. The molecular weight excluding hydrogens is 124 g/mol. The van der Waals surface area contributed by atoms with E-state index >= 15 is 0 Å². The molecule has 0 heterocycles. The molecule has 0 aromatic heterocycles. The molecule has 0 atom stereocenters. The molecule has 0 amide bonds. The lowest BCUT2D eigenvalue weighted by Gasteiger charge is -2.21. The Morgan fingerprint density at radius 1 is 1.30 bits per heavy atom. The largest absolute Gasteiger partial charge is 0.375 e. The minimum absolute atomic E-state index is 0.0472. The van der Waals surface area contributed by atoms with Crippen LogP contribution in [0, 0.1) is 5.41 Å². The highest BCUT2D eigenvalue weighted by Gasteiger charge is 2.38. The summed E-state index contributed by atoms with van der Waals surface area (Å²) in [6, 6.07) is 0. The number of hydrogen-bond acceptors (Lipinski definition) is 1. The van der Waals surface area contributed by atoms with Crippen molar-refractivity contribution in [1.82, 2.24) is 0 Å². The molecule has 10 heavy (non-hydrogen) atoms. The third-order valence-electron chi connectivity index (χ3n) is 1.96. The normalized spacial score (nSPS) is 22.8. The van der Waals surface area contributed by atoms with Gasteiger partial charge in [-0.25, -0.2) is 0 Å². The molecule has 1 heteroatoms. The van der Waals surface area contributed by atoms with Crippen LogP contribution in [-0.4, -0.2) is 12.2 Å². The Labute approximate surface area is 63.8 Å². The highest BCUT2D eigenvalue weighted by molar-refractivity contribution is 4.88. The molecule has 1 nitrogen and oxygen atoms in total. The van der Waals surface area contributed by atoms with E-state index in [1.807, 2.05) is 0 Å². The van der Waals surface area contributed by atoms with Gasteiger partial charge in [0.05, 0.1) is 12.2 Å². The van der Waals surface area contributed by atoms with Gasteiger partial charge >= 0.3 is 0 Å². The van der Waals surface area contributed by atoms with Gasteiger partial charge in [0.15, 0.2) is 0 Å². The quantitative estimate of drug-likeness (QED) is 0.576. The molecule has 1 fully saturated rings. The summed E-state index contributed by atoms with van der Waals surface area (Å²) in [5.41, 5.74) is 0.582. The number of rotatable bonds is 2. The van der Waals surface area contributed by atoms with Crippen LogP contribution in [-0.2, 0) is 4.74 Å². The molecule has 1 rings (SSSR count). The van der Waals surface area contributed by atoms with E-state index < -0.39 is 0 Å². The van der Waals surface area contributed by atoms with Crippen LogP contribution >= 0.6 is 0 Å². The zero-order chi connectivity index (χ0) is 7.83. The third-order valence-corrected chi connectivity index (χ3v) is 1.96. The smallest absolute Gasteiger partial charge is 0.0598 e. The first-order valence-corrected chi connectivity index (χ1v) is 4.05. The van der Waals surface area contributed by atoms with Crippen LogP contribution in [0.5, 0.6) is 0 Å². The minimum atomic E-state index is 0.0472. The van der Waals surface area contributed by atoms with E-state index in [1.165, 1.54) is 12.8 Å². The van der Waals surface area contributed by atoms with E-state index in [2.05, 4.69) is 27.7 Å². The fourth-order valence-electron chi connectivity index (χ4n) is 0.748. The maximum absolute atomic E-state index is 5.66. The Hall–Kier alpha value is -0.0400. The van der Waals surface area contributed by atoms with Crippen LogP contribution < -0.4 is 0 Å². The predicted octanol–water partition coefficient (Wildman–Crippen LogP) is 2.60. The van der Waals surface area contributed by atoms with E-state index in [4.69, 9.17) is 4.74 Å². The van der Waals surface area contributed by atoms with Gasteiger partial charge < -0.3 is 4.74 Å². The summed E-state index contributed by atoms with van der Waals surface area (Å²) in [7, 11) is 0. The highest BCUT2D eigenvalue weighted by Crippen LogP contribution is 2.45. The van der Waals surface area contributed by atoms with Crippen molar-refractivity contribution in [2.45, 2.75) is 46.1 Å². The van der Waals surface area contributed by atoms with Gasteiger partial charge in [0.2, 0.25) is 0 Å². The molecule has 1 saturated carbocycles. The fourth-order valence-corrected chi connectivity index (χ4v) is 0.748. The van der Waals surface area contributed by atoms with Gasteiger partial charge in [-0.3, -0.25) is 0 Å². The molecule has 0 N–H and O–H groups in total. The first-order chi connectivity index (χ1) is 4.41. The molecule has 0 aliphatic heterocycles. The molecule has 0 aromatic rings. The summed E-state index contributed by atoms with van der Waals surface area (Å²) in [6.45, 7) is 9.56. The maximum Gasteiger partial charge on any atom is 0.0598 e. The molecule has 60 valence electrons. The van der Waals surface area contributed by atoms with Gasteiger partial charge in [-0.2, -0.15) is 0 Å².